The Labute approximate surface area is 110 Å². The van der Waals surface area contributed by atoms with Gasteiger partial charge in [-0.1, -0.05) is 13.8 Å². The van der Waals surface area contributed by atoms with Crippen LogP contribution in [-0.2, 0) is 6.54 Å². The van der Waals surface area contributed by atoms with Gasteiger partial charge in [0.05, 0.1) is 13.3 Å². The van der Waals surface area contributed by atoms with Gasteiger partial charge in [0.25, 0.3) is 0 Å². The summed E-state index contributed by atoms with van der Waals surface area (Å²) in [5.74, 6) is 0.855. The molecule has 102 valence electrons. The van der Waals surface area contributed by atoms with Crippen molar-refractivity contribution in [1.82, 2.24) is 15.2 Å². The van der Waals surface area contributed by atoms with Gasteiger partial charge in [0.15, 0.2) is 0 Å². The molecule has 0 amide bonds. The summed E-state index contributed by atoms with van der Waals surface area (Å²) in [4.78, 5) is 6.49. The van der Waals surface area contributed by atoms with Gasteiger partial charge in [0.2, 0.25) is 0 Å². The quantitative estimate of drug-likeness (QED) is 0.680. The number of pyridine rings is 1. The zero-order chi connectivity index (χ0) is 13.2. The minimum atomic E-state index is 0.837. The molecule has 0 aliphatic rings. The molecule has 1 aromatic rings. The van der Waals surface area contributed by atoms with Crippen molar-refractivity contribution in [3.05, 3.63) is 24.0 Å². The Hall–Kier alpha value is -1.13. The van der Waals surface area contributed by atoms with E-state index in [-0.39, 0.29) is 0 Å². The third-order valence-electron chi connectivity index (χ3n) is 3.13. The second-order valence-corrected chi connectivity index (χ2v) is 4.24. The molecule has 0 fully saturated rings. The highest BCUT2D eigenvalue weighted by Crippen LogP contribution is 2.14. The predicted molar refractivity (Wildman–Crippen MR) is 74.9 cm³/mol. The van der Waals surface area contributed by atoms with Crippen LogP contribution in [0.4, 0.5) is 0 Å². The SMILES string of the molecule is CCN(CC)CCCNCc1ccncc1OC. The lowest BCUT2D eigenvalue weighted by Gasteiger charge is -2.17. The van der Waals surface area contributed by atoms with Crippen LogP contribution in [0.3, 0.4) is 0 Å². The van der Waals surface area contributed by atoms with Crippen molar-refractivity contribution < 1.29 is 4.74 Å². The van der Waals surface area contributed by atoms with Gasteiger partial charge in [-0.25, -0.2) is 0 Å². The first-order valence-corrected chi connectivity index (χ1v) is 6.71. The van der Waals surface area contributed by atoms with Gasteiger partial charge in [-0.2, -0.15) is 0 Å². The van der Waals surface area contributed by atoms with Crippen LogP contribution in [0.25, 0.3) is 0 Å². The molecular formula is C14H25N3O. The number of aromatic nitrogens is 1. The van der Waals surface area contributed by atoms with Gasteiger partial charge in [-0.15, -0.1) is 0 Å². The molecule has 4 heteroatoms. The maximum Gasteiger partial charge on any atom is 0.141 e. The predicted octanol–water partition coefficient (Wildman–Crippen LogP) is 1.91. The van der Waals surface area contributed by atoms with E-state index < -0.39 is 0 Å². The summed E-state index contributed by atoms with van der Waals surface area (Å²) in [7, 11) is 1.68. The van der Waals surface area contributed by atoms with Gasteiger partial charge >= 0.3 is 0 Å². The minimum Gasteiger partial charge on any atom is -0.495 e. The topological polar surface area (TPSA) is 37.4 Å². The van der Waals surface area contributed by atoms with E-state index in [0.29, 0.717) is 0 Å². The van der Waals surface area contributed by atoms with Gasteiger partial charge in [0.1, 0.15) is 5.75 Å². The van der Waals surface area contributed by atoms with E-state index in [2.05, 4.69) is 29.0 Å². The normalized spacial score (nSPS) is 10.9. The maximum atomic E-state index is 5.26. The summed E-state index contributed by atoms with van der Waals surface area (Å²) in [6, 6.07) is 2.00. The van der Waals surface area contributed by atoms with Crippen LogP contribution >= 0.6 is 0 Å². The van der Waals surface area contributed by atoms with Crippen LogP contribution in [-0.4, -0.2) is 43.2 Å². The molecule has 0 atom stereocenters. The largest absolute Gasteiger partial charge is 0.495 e. The van der Waals surface area contributed by atoms with Crippen LogP contribution in [0.2, 0.25) is 0 Å². The van der Waals surface area contributed by atoms with Crippen molar-refractivity contribution in [3.63, 3.8) is 0 Å². The summed E-state index contributed by atoms with van der Waals surface area (Å²) in [6.07, 6.45) is 4.73. The van der Waals surface area contributed by atoms with Gasteiger partial charge in [0, 0.05) is 18.3 Å². The average molecular weight is 251 g/mol. The van der Waals surface area contributed by atoms with Gasteiger partial charge in [-0.05, 0) is 38.7 Å². The molecule has 1 N–H and O–H groups in total. The van der Waals surface area contributed by atoms with Gasteiger partial charge < -0.3 is 15.0 Å². The van der Waals surface area contributed by atoms with Crippen LogP contribution in [0, 0.1) is 0 Å². The first kappa shape index (κ1) is 14.9. The Balaban J connectivity index is 2.21. The number of rotatable bonds is 9. The van der Waals surface area contributed by atoms with Crippen molar-refractivity contribution in [3.8, 4) is 5.75 Å². The summed E-state index contributed by atoms with van der Waals surface area (Å²) in [6.45, 7) is 9.71. The fourth-order valence-corrected chi connectivity index (χ4v) is 1.93. The molecule has 18 heavy (non-hydrogen) atoms. The van der Waals surface area contributed by atoms with Crippen molar-refractivity contribution in [2.45, 2.75) is 26.8 Å². The molecule has 0 unspecified atom stereocenters. The average Bonchev–Trinajstić information content (AvgIpc) is 2.43. The number of hydrogen-bond donors (Lipinski definition) is 1. The number of nitrogens with one attached hydrogen (secondary N) is 1. The number of ether oxygens (including phenoxy) is 1. The van der Waals surface area contributed by atoms with E-state index in [1.165, 1.54) is 6.42 Å². The van der Waals surface area contributed by atoms with E-state index in [1.807, 2.05) is 6.07 Å². The minimum absolute atomic E-state index is 0.837. The fraction of sp³-hybridized carbons (Fsp3) is 0.643. The number of methoxy groups -OCH3 is 1. The Bertz CT molecular complexity index is 327. The van der Waals surface area contributed by atoms with Crippen molar-refractivity contribution in [2.24, 2.45) is 0 Å². The molecule has 1 aromatic heterocycles. The molecule has 0 spiro atoms. The Morgan fingerprint density at radius 3 is 2.78 bits per heavy atom. The highest BCUT2D eigenvalue weighted by Gasteiger charge is 2.02. The van der Waals surface area contributed by atoms with Crippen molar-refractivity contribution in [1.29, 1.82) is 0 Å². The molecule has 4 nitrogen and oxygen atoms in total. The van der Waals surface area contributed by atoms with Crippen molar-refractivity contribution >= 4 is 0 Å². The second-order valence-electron chi connectivity index (χ2n) is 4.24. The second kappa shape index (κ2) is 8.89. The molecule has 0 bridgehead atoms. The number of nitrogens with zero attached hydrogens (tertiary/aromatic N) is 2. The lowest BCUT2D eigenvalue weighted by Crippen LogP contribution is -2.27. The van der Waals surface area contributed by atoms with Crippen LogP contribution in [0.5, 0.6) is 5.75 Å². The molecule has 0 aliphatic carbocycles. The first-order valence-electron chi connectivity index (χ1n) is 6.71. The lowest BCUT2D eigenvalue weighted by atomic mass is 10.2. The first-order chi connectivity index (χ1) is 8.81. The molecule has 0 saturated heterocycles. The highest BCUT2D eigenvalue weighted by molar-refractivity contribution is 5.29. The molecule has 0 saturated carbocycles. The summed E-state index contributed by atoms with van der Waals surface area (Å²) in [5.41, 5.74) is 1.16. The molecule has 0 aromatic carbocycles. The van der Waals surface area contributed by atoms with E-state index in [1.54, 1.807) is 19.5 Å². The van der Waals surface area contributed by atoms with Crippen LogP contribution in [0.1, 0.15) is 25.8 Å². The molecule has 1 rings (SSSR count). The van der Waals surface area contributed by atoms with Crippen LogP contribution < -0.4 is 10.1 Å². The van der Waals surface area contributed by atoms with E-state index in [4.69, 9.17) is 4.74 Å². The molecular weight excluding hydrogens is 226 g/mol. The van der Waals surface area contributed by atoms with E-state index in [9.17, 15) is 0 Å². The third-order valence-corrected chi connectivity index (χ3v) is 3.13. The summed E-state index contributed by atoms with van der Waals surface area (Å²) >= 11 is 0. The molecule has 0 radical (unpaired) electrons. The van der Waals surface area contributed by atoms with Gasteiger partial charge in [-0.3, -0.25) is 4.98 Å². The monoisotopic (exact) mass is 251 g/mol. The maximum absolute atomic E-state index is 5.26. The van der Waals surface area contributed by atoms with E-state index in [0.717, 1.165) is 44.0 Å². The Morgan fingerprint density at radius 1 is 1.33 bits per heavy atom. The zero-order valence-corrected chi connectivity index (χ0v) is 11.8. The Morgan fingerprint density at radius 2 is 2.11 bits per heavy atom. The standard InChI is InChI=1S/C14H25N3O/c1-4-17(5-2)10-6-8-15-11-13-7-9-16-12-14(13)18-3/h7,9,12,15H,4-6,8,10-11H2,1-3H3. The number of hydrogen-bond acceptors (Lipinski definition) is 4. The molecule has 0 aliphatic heterocycles. The zero-order valence-electron chi connectivity index (χ0n) is 11.8. The van der Waals surface area contributed by atoms with E-state index >= 15 is 0 Å². The van der Waals surface area contributed by atoms with Crippen LogP contribution in [0.15, 0.2) is 18.5 Å². The summed E-state index contributed by atoms with van der Waals surface area (Å²) in [5, 5.41) is 3.45. The smallest absolute Gasteiger partial charge is 0.141 e. The summed E-state index contributed by atoms with van der Waals surface area (Å²) < 4.78 is 5.26. The Kier molecular flexibility index (Phi) is 7.37. The highest BCUT2D eigenvalue weighted by atomic mass is 16.5. The van der Waals surface area contributed by atoms with Crippen molar-refractivity contribution in [2.75, 3.05) is 33.3 Å². The fourth-order valence-electron chi connectivity index (χ4n) is 1.93. The third kappa shape index (κ3) is 5.02. The molecule has 1 heterocycles. The lowest BCUT2D eigenvalue weighted by molar-refractivity contribution is 0.298.